The number of rotatable bonds is 3. The van der Waals surface area contributed by atoms with Crippen LogP contribution < -0.4 is 5.01 Å². The number of carbonyl (C=O) groups is 1. The Morgan fingerprint density at radius 1 is 1.38 bits per heavy atom. The van der Waals surface area contributed by atoms with Gasteiger partial charge in [0, 0.05) is 6.20 Å². The van der Waals surface area contributed by atoms with Gasteiger partial charge in [-0.05, 0) is 22.6 Å². The SMILES string of the molecule is COC(=O)c1cccnc1-c1nnnn1N1CCOCC1. The van der Waals surface area contributed by atoms with Crippen molar-refractivity contribution in [2.45, 2.75) is 0 Å². The lowest BCUT2D eigenvalue weighted by atomic mass is 10.2. The monoisotopic (exact) mass is 290 g/mol. The van der Waals surface area contributed by atoms with E-state index in [-0.39, 0.29) is 0 Å². The average molecular weight is 290 g/mol. The molecule has 21 heavy (non-hydrogen) atoms. The van der Waals surface area contributed by atoms with E-state index < -0.39 is 5.97 Å². The number of pyridine rings is 1. The third kappa shape index (κ3) is 2.55. The van der Waals surface area contributed by atoms with E-state index in [1.165, 1.54) is 7.11 Å². The minimum absolute atomic E-state index is 0.323. The summed E-state index contributed by atoms with van der Waals surface area (Å²) in [5.74, 6) is -0.0764. The number of ether oxygens (including phenoxy) is 2. The molecule has 1 fully saturated rings. The van der Waals surface area contributed by atoms with E-state index in [2.05, 4.69) is 20.5 Å². The van der Waals surface area contributed by atoms with Crippen LogP contribution in [0.1, 0.15) is 10.4 Å². The van der Waals surface area contributed by atoms with Crippen molar-refractivity contribution in [3.8, 4) is 11.5 Å². The molecule has 0 unspecified atom stereocenters. The largest absolute Gasteiger partial charge is 0.465 e. The van der Waals surface area contributed by atoms with Gasteiger partial charge in [-0.1, -0.05) is 0 Å². The minimum atomic E-state index is -0.477. The van der Waals surface area contributed by atoms with Crippen molar-refractivity contribution in [1.82, 2.24) is 25.3 Å². The van der Waals surface area contributed by atoms with Gasteiger partial charge in [-0.25, -0.2) is 4.79 Å². The van der Waals surface area contributed by atoms with Gasteiger partial charge in [0.05, 0.1) is 39.0 Å². The quantitative estimate of drug-likeness (QED) is 0.697. The highest BCUT2D eigenvalue weighted by molar-refractivity contribution is 5.95. The van der Waals surface area contributed by atoms with Gasteiger partial charge in [0.2, 0.25) is 5.82 Å². The van der Waals surface area contributed by atoms with Crippen molar-refractivity contribution >= 4 is 5.97 Å². The molecule has 0 N–H and O–H groups in total. The first-order valence-electron chi connectivity index (χ1n) is 6.46. The van der Waals surface area contributed by atoms with Crippen LogP contribution in [0.15, 0.2) is 18.3 Å². The molecule has 0 amide bonds. The fourth-order valence-corrected chi connectivity index (χ4v) is 2.12. The second-order valence-electron chi connectivity index (χ2n) is 4.35. The minimum Gasteiger partial charge on any atom is -0.465 e. The average Bonchev–Trinajstić information content (AvgIpc) is 3.04. The molecule has 0 aliphatic carbocycles. The van der Waals surface area contributed by atoms with E-state index in [4.69, 9.17) is 9.47 Å². The number of morpholine rings is 1. The zero-order valence-corrected chi connectivity index (χ0v) is 11.5. The first kappa shape index (κ1) is 13.4. The van der Waals surface area contributed by atoms with Crippen molar-refractivity contribution in [3.63, 3.8) is 0 Å². The predicted molar refractivity (Wildman–Crippen MR) is 71.2 cm³/mol. The molecule has 3 rings (SSSR count). The van der Waals surface area contributed by atoms with Crippen LogP contribution in [0.4, 0.5) is 0 Å². The molecule has 0 saturated carbocycles. The Morgan fingerprint density at radius 3 is 2.95 bits per heavy atom. The third-order valence-electron chi connectivity index (χ3n) is 3.13. The molecule has 3 heterocycles. The molecule has 2 aromatic heterocycles. The molecule has 0 atom stereocenters. The second-order valence-corrected chi connectivity index (χ2v) is 4.35. The zero-order valence-electron chi connectivity index (χ0n) is 11.5. The molecule has 1 aliphatic rings. The van der Waals surface area contributed by atoms with Crippen molar-refractivity contribution in [2.75, 3.05) is 38.4 Å². The molecule has 0 aromatic carbocycles. The highest BCUT2D eigenvalue weighted by Crippen LogP contribution is 2.19. The van der Waals surface area contributed by atoms with Crippen LogP contribution in [-0.4, -0.2) is 64.7 Å². The van der Waals surface area contributed by atoms with Crippen LogP contribution >= 0.6 is 0 Å². The van der Waals surface area contributed by atoms with Crippen LogP contribution in [0.25, 0.3) is 11.5 Å². The number of esters is 1. The van der Waals surface area contributed by atoms with E-state index in [1.807, 2.05) is 5.01 Å². The molecule has 110 valence electrons. The normalized spacial score (nSPS) is 15.0. The first-order valence-corrected chi connectivity index (χ1v) is 6.46. The van der Waals surface area contributed by atoms with Crippen LogP contribution in [0.3, 0.4) is 0 Å². The lowest BCUT2D eigenvalue weighted by molar-refractivity contribution is 0.0601. The Balaban J connectivity index is 2.02. The summed E-state index contributed by atoms with van der Waals surface area (Å²) in [7, 11) is 1.32. The maximum atomic E-state index is 11.8. The molecular formula is C12H14N6O3. The number of tetrazole rings is 1. The molecule has 9 heteroatoms. The first-order chi connectivity index (χ1) is 10.3. The third-order valence-corrected chi connectivity index (χ3v) is 3.13. The van der Waals surface area contributed by atoms with Crippen molar-refractivity contribution < 1.29 is 14.3 Å². The standard InChI is InChI=1S/C12H14N6O3/c1-20-12(19)9-3-2-4-13-10(9)11-14-15-16-18(11)17-5-7-21-8-6-17/h2-4H,5-8H2,1H3. The van der Waals surface area contributed by atoms with E-state index in [1.54, 1.807) is 23.1 Å². The summed E-state index contributed by atoms with van der Waals surface area (Å²) in [6.45, 7) is 2.54. The van der Waals surface area contributed by atoms with E-state index in [9.17, 15) is 4.79 Å². The molecule has 0 radical (unpaired) electrons. The number of aromatic nitrogens is 5. The molecule has 1 aliphatic heterocycles. The van der Waals surface area contributed by atoms with E-state index >= 15 is 0 Å². The zero-order chi connectivity index (χ0) is 14.7. The van der Waals surface area contributed by atoms with Gasteiger partial charge in [-0.2, -0.15) is 0 Å². The number of hydrogen-bond acceptors (Lipinski definition) is 8. The molecular weight excluding hydrogens is 276 g/mol. The molecule has 2 aromatic rings. The number of nitrogens with zero attached hydrogens (tertiary/aromatic N) is 6. The summed E-state index contributed by atoms with van der Waals surface area (Å²) in [5.41, 5.74) is 0.713. The van der Waals surface area contributed by atoms with Crippen LogP contribution in [0.2, 0.25) is 0 Å². The van der Waals surface area contributed by atoms with Gasteiger partial charge in [0.15, 0.2) is 0 Å². The number of hydrogen-bond donors (Lipinski definition) is 0. The summed E-state index contributed by atoms with van der Waals surface area (Å²) in [5, 5.41) is 13.6. The Bertz CT molecular complexity index is 637. The number of carbonyl (C=O) groups excluding carboxylic acids is 1. The maximum Gasteiger partial charge on any atom is 0.340 e. The lowest BCUT2D eigenvalue weighted by Crippen LogP contribution is -2.45. The molecule has 1 saturated heterocycles. The van der Waals surface area contributed by atoms with Crippen molar-refractivity contribution in [3.05, 3.63) is 23.9 Å². The lowest BCUT2D eigenvalue weighted by Gasteiger charge is -2.28. The van der Waals surface area contributed by atoms with Gasteiger partial charge in [-0.3, -0.25) is 9.99 Å². The topological polar surface area (TPSA) is 95.3 Å². The maximum absolute atomic E-state index is 11.8. The van der Waals surface area contributed by atoms with Crippen LogP contribution in [0, 0.1) is 0 Å². The summed E-state index contributed by atoms with van der Waals surface area (Å²) in [6, 6.07) is 3.30. The van der Waals surface area contributed by atoms with Crippen molar-refractivity contribution in [2.24, 2.45) is 0 Å². The summed E-state index contributed by atoms with van der Waals surface area (Å²) >= 11 is 0. The second kappa shape index (κ2) is 5.83. The van der Waals surface area contributed by atoms with Gasteiger partial charge in [0.1, 0.15) is 5.69 Å². The van der Waals surface area contributed by atoms with Gasteiger partial charge in [0.25, 0.3) is 0 Å². The smallest absolute Gasteiger partial charge is 0.340 e. The Hall–Kier alpha value is -2.55. The van der Waals surface area contributed by atoms with Crippen molar-refractivity contribution in [1.29, 1.82) is 0 Å². The van der Waals surface area contributed by atoms with Crippen LogP contribution in [0.5, 0.6) is 0 Å². The molecule has 0 spiro atoms. The highest BCUT2D eigenvalue weighted by Gasteiger charge is 2.23. The van der Waals surface area contributed by atoms with E-state index in [0.717, 1.165) is 0 Å². The number of methoxy groups -OCH3 is 1. The Kier molecular flexibility index (Phi) is 3.73. The summed E-state index contributed by atoms with van der Waals surface area (Å²) in [6.07, 6.45) is 1.58. The van der Waals surface area contributed by atoms with E-state index in [0.29, 0.717) is 43.4 Å². The molecule has 9 nitrogen and oxygen atoms in total. The van der Waals surface area contributed by atoms with Crippen LogP contribution in [-0.2, 0) is 9.47 Å². The highest BCUT2D eigenvalue weighted by atomic mass is 16.5. The Morgan fingerprint density at radius 2 is 2.19 bits per heavy atom. The van der Waals surface area contributed by atoms with Gasteiger partial charge >= 0.3 is 5.97 Å². The Labute approximate surface area is 120 Å². The van der Waals surface area contributed by atoms with Gasteiger partial charge < -0.3 is 9.47 Å². The molecule has 0 bridgehead atoms. The summed E-state index contributed by atoms with van der Waals surface area (Å²) in [4.78, 5) is 17.6. The fraction of sp³-hybridized carbons (Fsp3) is 0.417. The van der Waals surface area contributed by atoms with Gasteiger partial charge in [-0.15, -0.1) is 9.89 Å². The fourth-order valence-electron chi connectivity index (χ4n) is 2.12. The predicted octanol–water partition coefficient (Wildman–Crippen LogP) is -0.510. The summed E-state index contributed by atoms with van der Waals surface area (Å²) < 4.78 is 10.1.